The Morgan fingerprint density at radius 1 is 0.857 bits per heavy atom. The summed E-state index contributed by atoms with van der Waals surface area (Å²) < 4.78 is 25.9. The molecular weight excluding hydrogens is 396 g/mol. The summed E-state index contributed by atoms with van der Waals surface area (Å²) >= 11 is 6.14. The van der Waals surface area contributed by atoms with Crippen molar-refractivity contribution in [2.45, 2.75) is 16.3 Å². The normalized spacial score (nSPS) is 14.1. The average Bonchev–Trinajstić information content (AvgIpc) is 2.71. The molecule has 0 spiro atoms. The number of amides is 1. The van der Waals surface area contributed by atoms with Gasteiger partial charge in [0.15, 0.2) is 0 Å². The number of halogens is 1. The summed E-state index contributed by atoms with van der Waals surface area (Å²) in [4.78, 5) is 14.8. The molecule has 0 saturated carbocycles. The van der Waals surface area contributed by atoms with Gasteiger partial charge in [-0.1, -0.05) is 54.1 Å². The van der Waals surface area contributed by atoms with Gasteiger partial charge < -0.3 is 10.2 Å². The fourth-order valence-corrected chi connectivity index (χ4v) is 5.13. The molecular formula is C21H17ClN2O3S. The van der Waals surface area contributed by atoms with Crippen molar-refractivity contribution in [3.8, 4) is 0 Å². The van der Waals surface area contributed by atoms with Gasteiger partial charge in [-0.3, -0.25) is 4.79 Å². The zero-order chi connectivity index (χ0) is 19.7. The molecule has 28 heavy (non-hydrogen) atoms. The van der Waals surface area contributed by atoms with Crippen LogP contribution in [0.1, 0.15) is 5.56 Å². The topological polar surface area (TPSA) is 66.5 Å². The first-order chi connectivity index (χ1) is 13.5. The van der Waals surface area contributed by atoms with Crippen molar-refractivity contribution < 1.29 is 13.2 Å². The lowest BCUT2D eigenvalue weighted by Gasteiger charge is -2.32. The van der Waals surface area contributed by atoms with Crippen LogP contribution in [0.4, 0.5) is 11.4 Å². The molecule has 1 aliphatic rings. The highest BCUT2D eigenvalue weighted by Gasteiger charge is 2.34. The Kier molecular flexibility index (Phi) is 4.83. The first-order valence-corrected chi connectivity index (χ1v) is 10.6. The molecule has 1 N–H and O–H groups in total. The van der Waals surface area contributed by atoms with Gasteiger partial charge in [0.05, 0.1) is 21.2 Å². The van der Waals surface area contributed by atoms with Gasteiger partial charge in [-0.15, -0.1) is 0 Å². The van der Waals surface area contributed by atoms with Crippen molar-refractivity contribution in [3.05, 3.63) is 83.4 Å². The summed E-state index contributed by atoms with van der Waals surface area (Å²) in [6.07, 6.45) is 0. The van der Waals surface area contributed by atoms with Crippen molar-refractivity contribution in [2.24, 2.45) is 0 Å². The number of para-hydroxylation sites is 2. The number of sulfone groups is 1. The van der Waals surface area contributed by atoms with E-state index in [0.717, 1.165) is 5.56 Å². The van der Waals surface area contributed by atoms with E-state index in [1.54, 1.807) is 59.5 Å². The maximum atomic E-state index is 12.9. The van der Waals surface area contributed by atoms with Gasteiger partial charge in [0.1, 0.15) is 6.54 Å². The van der Waals surface area contributed by atoms with E-state index in [2.05, 4.69) is 5.32 Å². The second-order valence-electron chi connectivity index (χ2n) is 6.39. The molecule has 7 heteroatoms. The highest BCUT2D eigenvalue weighted by molar-refractivity contribution is 7.92. The third-order valence-electron chi connectivity index (χ3n) is 4.63. The molecule has 3 aromatic carbocycles. The monoisotopic (exact) mass is 412 g/mol. The Morgan fingerprint density at radius 2 is 1.39 bits per heavy atom. The molecule has 142 valence electrons. The summed E-state index contributed by atoms with van der Waals surface area (Å²) in [6, 6.07) is 20.7. The van der Waals surface area contributed by atoms with Gasteiger partial charge in [-0.05, 0) is 35.9 Å². The standard InChI is InChI=1S/C21H17ClN2O3S/c22-16-8-2-1-7-15(16)13-23-21(25)14-24-17-9-3-5-11-19(17)28(26,27)20-12-6-4-10-18(20)24/h1-12H,13-14H2,(H,23,25). The van der Waals surface area contributed by atoms with Gasteiger partial charge in [-0.2, -0.15) is 0 Å². The number of carbonyl (C=O) groups excluding carboxylic acids is 1. The Bertz CT molecular complexity index is 1110. The fraction of sp³-hybridized carbons (Fsp3) is 0.0952. The highest BCUT2D eigenvalue weighted by atomic mass is 35.5. The minimum absolute atomic E-state index is 0.00595. The lowest BCUT2D eigenvalue weighted by molar-refractivity contribution is -0.119. The first kappa shape index (κ1) is 18.5. The number of hydrogen-bond donors (Lipinski definition) is 1. The predicted octanol–water partition coefficient (Wildman–Crippen LogP) is 3.94. The van der Waals surface area contributed by atoms with Crippen LogP contribution in [-0.4, -0.2) is 20.9 Å². The van der Waals surface area contributed by atoms with Gasteiger partial charge in [0.2, 0.25) is 15.7 Å². The lowest BCUT2D eigenvalue weighted by atomic mass is 10.2. The fourth-order valence-electron chi connectivity index (χ4n) is 3.27. The minimum Gasteiger partial charge on any atom is -0.350 e. The van der Waals surface area contributed by atoms with Gasteiger partial charge >= 0.3 is 0 Å². The van der Waals surface area contributed by atoms with Crippen molar-refractivity contribution in [2.75, 3.05) is 11.4 Å². The highest BCUT2D eigenvalue weighted by Crippen LogP contribution is 2.43. The van der Waals surface area contributed by atoms with Gasteiger partial charge in [0, 0.05) is 11.6 Å². The van der Waals surface area contributed by atoms with E-state index in [0.29, 0.717) is 22.9 Å². The van der Waals surface area contributed by atoms with Crippen LogP contribution in [-0.2, 0) is 21.2 Å². The molecule has 1 aliphatic heterocycles. The maximum absolute atomic E-state index is 12.9. The van der Waals surface area contributed by atoms with Crippen LogP contribution in [0.25, 0.3) is 0 Å². The average molecular weight is 413 g/mol. The molecule has 0 saturated heterocycles. The number of rotatable bonds is 4. The molecule has 4 rings (SSSR count). The number of nitrogens with one attached hydrogen (secondary N) is 1. The van der Waals surface area contributed by atoms with E-state index in [1.165, 1.54) is 0 Å². The molecule has 0 aromatic heterocycles. The third-order valence-corrected chi connectivity index (χ3v) is 6.84. The van der Waals surface area contributed by atoms with Gasteiger partial charge in [0.25, 0.3) is 0 Å². The van der Waals surface area contributed by atoms with E-state index in [4.69, 9.17) is 11.6 Å². The van der Waals surface area contributed by atoms with Crippen LogP contribution < -0.4 is 10.2 Å². The molecule has 0 fully saturated rings. The minimum atomic E-state index is -3.62. The summed E-state index contributed by atoms with van der Waals surface area (Å²) in [7, 11) is -3.62. The number of fused-ring (bicyclic) bond motifs is 2. The quantitative estimate of drug-likeness (QED) is 0.704. The van der Waals surface area contributed by atoms with E-state index < -0.39 is 9.84 Å². The van der Waals surface area contributed by atoms with Crippen molar-refractivity contribution in [3.63, 3.8) is 0 Å². The van der Waals surface area contributed by atoms with E-state index in [-0.39, 0.29) is 22.2 Å². The molecule has 0 unspecified atom stereocenters. The summed E-state index contributed by atoms with van der Waals surface area (Å²) in [5, 5.41) is 3.44. The van der Waals surface area contributed by atoms with Gasteiger partial charge in [-0.25, -0.2) is 8.42 Å². The molecule has 0 bridgehead atoms. The van der Waals surface area contributed by atoms with E-state index in [1.807, 2.05) is 18.2 Å². The Morgan fingerprint density at radius 3 is 2.00 bits per heavy atom. The van der Waals surface area contributed by atoms with Crippen LogP contribution in [0.5, 0.6) is 0 Å². The van der Waals surface area contributed by atoms with Crippen LogP contribution in [0, 0.1) is 0 Å². The molecule has 1 amide bonds. The second kappa shape index (κ2) is 7.30. The van der Waals surface area contributed by atoms with Crippen LogP contribution >= 0.6 is 11.6 Å². The summed E-state index contributed by atoms with van der Waals surface area (Å²) in [6.45, 7) is 0.294. The predicted molar refractivity (Wildman–Crippen MR) is 109 cm³/mol. The summed E-state index contributed by atoms with van der Waals surface area (Å²) in [5.41, 5.74) is 1.81. The Balaban J connectivity index is 1.63. The summed E-state index contributed by atoms with van der Waals surface area (Å²) in [5.74, 6) is -0.233. The van der Waals surface area contributed by atoms with Crippen LogP contribution in [0.2, 0.25) is 5.02 Å². The zero-order valence-corrected chi connectivity index (χ0v) is 16.4. The number of anilines is 2. The largest absolute Gasteiger partial charge is 0.350 e. The third kappa shape index (κ3) is 3.25. The van der Waals surface area contributed by atoms with Crippen molar-refractivity contribution in [1.82, 2.24) is 5.32 Å². The molecule has 0 aliphatic carbocycles. The van der Waals surface area contributed by atoms with Crippen molar-refractivity contribution in [1.29, 1.82) is 0 Å². The van der Waals surface area contributed by atoms with Crippen molar-refractivity contribution >= 4 is 38.7 Å². The van der Waals surface area contributed by atoms with Crippen LogP contribution in [0.15, 0.2) is 82.6 Å². The first-order valence-electron chi connectivity index (χ1n) is 8.69. The SMILES string of the molecule is O=C(CN1c2ccccc2S(=O)(=O)c2ccccc21)NCc1ccccc1Cl. The second-order valence-corrected chi connectivity index (χ2v) is 8.69. The smallest absolute Gasteiger partial charge is 0.240 e. The zero-order valence-electron chi connectivity index (χ0n) is 14.8. The molecule has 5 nitrogen and oxygen atoms in total. The van der Waals surface area contributed by atoms with E-state index >= 15 is 0 Å². The number of carbonyl (C=O) groups is 1. The van der Waals surface area contributed by atoms with E-state index in [9.17, 15) is 13.2 Å². The Labute approximate surface area is 168 Å². The van der Waals surface area contributed by atoms with Crippen LogP contribution in [0.3, 0.4) is 0 Å². The number of nitrogens with zero attached hydrogens (tertiary/aromatic N) is 1. The molecule has 0 radical (unpaired) electrons. The molecule has 1 heterocycles. The maximum Gasteiger partial charge on any atom is 0.240 e. The lowest BCUT2D eigenvalue weighted by Crippen LogP contribution is -2.37. The number of hydrogen-bond acceptors (Lipinski definition) is 4. The molecule has 3 aromatic rings. The number of benzene rings is 3. The Hall–Kier alpha value is -2.83. The molecule has 0 atom stereocenters.